The van der Waals surface area contributed by atoms with Gasteiger partial charge in [-0.3, -0.25) is 4.79 Å². The number of nitrogens with zero attached hydrogens (tertiary/aromatic N) is 3. The molecule has 2 aromatic rings. The number of nitriles is 1. The van der Waals surface area contributed by atoms with Crippen LogP contribution in [0.3, 0.4) is 0 Å². The average Bonchev–Trinajstić information content (AvgIpc) is 2.55. The van der Waals surface area contributed by atoms with Crippen molar-refractivity contribution in [3.8, 4) is 6.07 Å². The molecule has 2 rings (SSSR count). The van der Waals surface area contributed by atoms with Gasteiger partial charge in [0.2, 0.25) is 0 Å². The van der Waals surface area contributed by atoms with Gasteiger partial charge >= 0.3 is 0 Å². The molecule has 0 N–H and O–H groups in total. The minimum absolute atomic E-state index is 0.155. The quantitative estimate of drug-likeness (QED) is 0.789. The molecule has 1 heterocycles. The van der Waals surface area contributed by atoms with Crippen LogP contribution in [0.1, 0.15) is 48.6 Å². The smallest absolute Gasteiger partial charge is 0.266 e. The molecule has 0 amide bonds. The zero-order valence-corrected chi connectivity index (χ0v) is 13.8. The lowest BCUT2D eigenvalue weighted by atomic mass is 10.1. The topological polar surface area (TPSA) is 58.1 Å². The van der Waals surface area contributed by atoms with Crippen LogP contribution in [0.5, 0.6) is 0 Å². The molecule has 1 aromatic carbocycles. The summed E-state index contributed by atoms with van der Waals surface area (Å²) in [7, 11) is 0. The third-order valence-corrected chi connectivity index (χ3v) is 3.77. The summed E-state index contributed by atoms with van der Waals surface area (Å²) in [5, 5.41) is 13.8. The van der Waals surface area contributed by atoms with Gasteiger partial charge < -0.3 is 0 Å². The van der Waals surface area contributed by atoms with Crippen LogP contribution in [0.2, 0.25) is 0 Å². The molecule has 118 valence electrons. The second-order valence-electron chi connectivity index (χ2n) is 5.59. The Hall–Kier alpha value is -2.67. The second kappa shape index (κ2) is 7.55. The number of benzene rings is 1. The SMILES string of the molecule is CCCCC(=Nn1c(C)cc(C)c(C#N)c1=O)c1ccccc1. The molecular formula is C19H21N3O. The molecule has 0 aliphatic rings. The zero-order chi connectivity index (χ0) is 16.8. The summed E-state index contributed by atoms with van der Waals surface area (Å²) in [5.41, 5.74) is 3.10. The van der Waals surface area contributed by atoms with Crippen molar-refractivity contribution in [3.63, 3.8) is 0 Å². The van der Waals surface area contributed by atoms with Crippen molar-refractivity contribution in [2.75, 3.05) is 0 Å². The van der Waals surface area contributed by atoms with E-state index in [4.69, 9.17) is 0 Å². The van der Waals surface area contributed by atoms with E-state index < -0.39 is 0 Å². The van der Waals surface area contributed by atoms with Crippen molar-refractivity contribution in [2.45, 2.75) is 40.0 Å². The normalized spacial score (nSPS) is 11.3. The van der Waals surface area contributed by atoms with Crippen molar-refractivity contribution in [1.82, 2.24) is 4.68 Å². The first-order valence-corrected chi connectivity index (χ1v) is 7.85. The summed E-state index contributed by atoms with van der Waals surface area (Å²) in [6.45, 7) is 5.73. The molecule has 4 nitrogen and oxygen atoms in total. The minimum atomic E-state index is -0.352. The number of pyridine rings is 1. The van der Waals surface area contributed by atoms with Gasteiger partial charge in [-0.15, -0.1) is 0 Å². The molecule has 4 heteroatoms. The van der Waals surface area contributed by atoms with Crippen LogP contribution in [0.4, 0.5) is 0 Å². The highest BCUT2D eigenvalue weighted by Gasteiger charge is 2.11. The highest BCUT2D eigenvalue weighted by Crippen LogP contribution is 2.11. The summed E-state index contributed by atoms with van der Waals surface area (Å²) < 4.78 is 1.35. The van der Waals surface area contributed by atoms with E-state index in [0.29, 0.717) is 5.56 Å². The molecule has 23 heavy (non-hydrogen) atoms. The van der Waals surface area contributed by atoms with Gasteiger partial charge in [-0.25, -0.2) is 4.68 Å². The van der Waals surface area contributed by atoms with Gasteiger partial charge in [-0.2, -0.15) is 10.4 Å². The van der Waals surface area contributed by atoms with Crippen LogP contribution in [-0.4, -0.2) is 10.4 Å². The summed E-state index contributed by atoms with van der Waals surface area (Å²) in [5.74, 6) is 0. The van der Waals surface area contributed by atoms with Crippen LogP contribution in [0, 0.1) is 25.2 Å². The fourth-order valence-electron chi connectivity index (χ4n) is 2.49. The molecule has 0 atom stereocenters. The number of aryl methyl sites for hydroxylation is 2. The van der Waals surface area contributed by atoms with E-state index in [2.05, 4.69) is 12.0 Å². The highest BCUT2D eigenvalue weighted by molar-refractivity contribution is 6.00. The Balaban J connectivity index is 2.60. The number of hydrogen-bond acceptors (Lipinski definition) is 3. The summed E-state index contributed by atoms with van der Waals surface area (Å²) in [4.78, 5) is 12.5. The van der Waals surface area contributed by atoms with Crippen molar-refractivity contribution in [3.05, 3.63) is 69.1 Å². The van der Waals surface area contributed by atoms with Crippen LogP contribution in [0.25, 0.3) is 0 Å². The third kappa shape index (κ3) is 3.75. The van der Waals surface area contributed by atoms with Gasteiger partial charge in [0.1, 0.15) is 11.6 Å². The van der Waals surface area contributed by atoms with Crippen molar-refractivity contribution >= 4 is 5.71 Å². The minimum Gasteiger partial charge on any atom is -0.266 e. The van der Waals surface area contributed by atoms with Crippen LogP contribution in [0.15, 0.2) is 46.3 Å². The summed E-state index contributed by atoms with van der Waals surface area (Å²) in [6, 6.07) is 13.7. The predicted molar refractivity (Wildman–Crippen MR) is 92.8 cm³/mol. The van der Waals surface area contributed by atoms with E-state index in [0.717, 1.165) is 36.2 Å². The van der Waals surface area contributed by atoms with Crippen LogP contribution in [-0.2, 0) is 0 Å². The lowest BCUT2D eigenvalue weighted by Gasteiger charge is -2.11. The molecule has 0 fully saturated rings. The number of hydrogen-bond donors (Lipinski definition) is 0. The fourth-order valence-corrected chi connectivity index (χ4v) is 2.49. The van der Waals surface area contributed by atoms with Gasteiger partial charge in [0, 0.05) is 5.69 Å². The van der Waals surface area contributed by atoms with Crippen LogP contribution < -0.4 is 5.56 Å². The molecule has 0 saturated heterocycles. The Kier molecular flexibility index (Phi) is 5.48. The maximum absolute atomic E-state index is 12.5. The molecule has 0 bridgehead atoms. The Morgan fingerprint density at radius 3 is 2.57 bits per heavy atom. The molecular weight excluding hydrogens is 286 g/mol. The highest BCUT2D eigenvalue weighted by atomic mass is 16.1. The Morgan fingerprint density at radius 2 is 1.96 bits per heavy atom. The molecule has 0 radical (unpaired) electrons. The van der Waals surface area contributed by atoms with E-state index in [1.165, 1.54) is 4.68 Å². The summed E-state index contributed by atoms with van der Waals surface area (Å²) in [6.07, 6.45) is 2.84. The maximum Gasteiger partial charge on any atom is 0.289 e. The standard InChI is InChI=1S/C19H21N3O/c1-4-5-11-18(16-9-7-6-8-10-16)21-22-15(3)12-14(2)17(13-20)19(22)23/h6-10,12H,4-5,11H2,1-3H3. The number of unbranched alkanes of at least 4 members (excludes halogenated alkanes) is 1. The molecule has 0 spiro atoms. The third-order valence-electron chi connectivity index (χ3n) is 3.77. The van der Waals surface area contributed by atoms with Gasteiger partial charge in [0.15, 0.2) is 0 Å². The molecule has 0 unspecified atom stereocenters. The van der Waals surface area contributed by atoms with Gasteiger partial charge in [0.05, 0.1) is 5.71 Å². The van der Waals surface area contributed by atoms with E-state index in [1.807, 2.05) is 49.4 Å². The van der Waals surface area contributed by atoms with Gasteiger partial charge in [-0.1, -0.05) is 43.7 Å². The van der Waals surface area contributed by atoms with Crippen LogP contribution >= 0.6 is 0 Å². The van der Waals surface area contributed by atoms with Gasteiger partial charge in [0.25, 0.3) is 5.56 Å². The first-order chi connectivity index (χ1) is 11.1. The predicted octanol–water partition coefficient (Wildman–Crippen LogP) is 3.78. The second-order valence-corrected chi connectivity index (χ2v) is 5.59. The molecule has 1 aromatic heterocycles. The van der Waals surface area contributed by atoms with E-state index in [-0.39, 0.29) is 11.1 Å². The Labute approximate surface area is 136 Å². The van der Waals surface area contributed by atoms with E-state index in [9.17, 15) is 10.1 Å². The number of rotatable bonds is 5. The van der Waals surface area contributed by atoms with Crippen molar-refractivity contribution in [1.29, 1.82) is 5.26 Å². The summed E-state index contributed by atoms with van der Waals surface area (Å²) >= 11 is 0. The van der Waals surface area contributed by atoms with Crippen molar-refractivity contribution < 1.29 is 0 Å². The monoisotopic (exact) mass is 307 g/mol. The lowest BCUT2D eigenvalue weighted by molar-refractivity contribution is 0.764. The largest absolute Gasteiger partial charge is 0.289 e. The zero-order valence-electron chi connectivity index (χ0n) is 13.8. The Morgan fingerprint density at radius 1 is 1.26 bits per heavy atom. The maximum atomic E-state index is 12.5. The van der Waals surface area contributed by atoms with E-state index in [1.54, 1.807) is 6.92 Å². The molecule has 0 aliphatic carbocycles. The average molecular weight is 307 g/mol. The lowest BCUT2D eigenvalue weighted by Crippen LogP contribution is -2.24. The Bertz CT molecular complexity index is 811. The van der Waals surface area contributed by atoms with E-state index >= 15 is 0 Å². The van der Waals surface area contributed by atoms with Crippen molar-refractivity contribution in [2.24, 2.45) is 5.10 Å². The van der Waals surface area contributed by atoms with Gasteiger partial charge in [-0.05, 0) is 43.9 Å². The first kappa shape index (κ1) is 16.7. The molecule has 0 saturated carbocycles. The first-order valence-electron chi connectivity index (χ1n) is 7.85. The molecule has 0 aliphatic heterocycles. The number of aromatic nitrogens is 1. The fraction of sp³-hybridized carbons (Fsp3) is 0.316.